The first-order valence-corrected chi connectivity index (χ1v) is 9.28. The number of carbonyl (C=O) groups is 1. The van der Waals surface area contributed by atoms with Crippen LogP contribution < -0.4 is 10.2 Å². The number of hydrogen-bond donors (Lipinski definition) is 1. The van der Waals surface area contributed by atoms with Gasteiger partial charge >= 0.3 is 0 Å². The summed E-state index contributed by atoms with van der Waals surface area (Å²) in [6.07, 6.45) is 8.72. The molecule has 0 spiro atoms. The summed E-state index contributed by atoms with van der Waals surface area (Å²) in [6, 6.07) is 3.68. The first-order valence-electron chi connectivity index (χ1n) is 8.91. The lowest BCUT2D eigenvalue weighted by Crippen LogP contribution is -2.28. The molecule has 3 atom stereocenters. The van der Waals surface area contributed by atoms with E-state index in [0.29, 0.717) is 24.3 Å². The Kier molecular flexibility index (Phi) is 5.03. The highest BCUT2D eigenvalue weighted by Crippen LogP contribution is 2.54. The van der Waals surface area contributed by atoms with Gasteiger partial charge in [-0.3, -0.25) is 9.78 Å². The molecule has 2 aliphatic rings. The minimum Gasteiger partial charge on any atom is -0.353 e. The Hall–Kier alpha value is -2.54. The summed E-state index contributed by atoms with van der Waals surface area (Å²) in [5, 5.41) is 2.98. The van der Waals surface area contributed by atoms with Crippen LogP contribution in [0.3, 0.4) is 0 Å². The summed E-state index contributed by atoms with van der Waals surface area (Å²) in [5.74, 6) is 1.38. The molecule has 1 saturated heterocycles. The van der Waals surface area contributed by atoms with Crippen molar-refractivity contribution in [1.29, 1.82) is 0 Å². The Balaban J connectivity index is 1.20. The van der Waals surface area contributed by atoms with Crippen molar-refractivity contribution in [2.75, 3.05) is 24.5 Å². The van der Waals surface area contributed by atoms with E-state index in [4.69, 9.17) is 11.6 Å². The van der Waals surface area contributed by atoms with E-state index < -0.39 is 5.82 Å². The van der Waals surface area contributed by atoms with Crippen LogP contribution in [0.15, 0.2) is 36.8 Å². The molecule has 27 heavy (non-hydrogen) atoms. The van der Waals surface area contributed by atoms with Gasteiger partial charge in [0, 0.05) is 38.1 Å². The fraction of sp³-hybridized carbons (Fsp3) is 0.368. The maximum atomic E-state index is 13.9. The van der Waals surface area contributed by atoms with Crippen molar-refractivity contribution in [3.05, 3.63) is 53.5 Å². The number of nitrogens with one attached hydrogen (secondary N) is 1. The Morgan fingerprint density at radius 2 is 2.07 bits per heavy atom. The molecular formula is C19H19ClFN5O. The van der Waals surface area contributed by atoms with Crippen molar-refractivity contribution >= 4 is 29.4 Å². The average Bonchev–Trinajstić information content (AvgIpc) is 3.12. The topological polar surface area (TPSA) is 71.0 Å². The number of fused-ring (bicyclic) bond motifs is 1. The van der Waals surface area contributed by atoms with Crippen LogP contribution in [0.25, 0.3) is 6.08 Å². The lowest BCUT2D eigenvalue weighted by atomic mass is 10.2. The van der Waals surface area contributed by atoms with Crippen molar-refractivity contribution < 1.29 is 9.18 Å². The van der Waals surface area contributed by atoms with Gasteiger partial charge in [0.15, 0.2) is 11.6 Å². The molecule has 3 heterocycles. The molecule has 6 nitrogen and oxygen atoms in total. The summed E-state index contributed by atoms with van der Waals surface area (Å²) in [6.45, 7) is 2.19. The summed E-state index contributed by atoms with van der Waals surface area (Å²) < 4.78 is 13.9. The largest absolute Gasteiger partial charge is 0.353 e. The standard InChI is InChI=1S/C19H19ClFN5O/c20-19-24-9-16(21)18(25-19)26-10-14-13(15(14)11-26)5-8-23-17(27)2-1-12-3-6-22-7-4-12/h1-4,6-7,9,13-15H,5,8,10-11H2,(H,23,27)/b2-1+/t13-,14-,15+. The molecule has 1 aliphatic carbocycles. The molecule has 1 aliphatic heterocycles. The second-order valence-corrected chi connectivity index (χ2v) is 7.24. The quantitative estimate of drug-likeness (QED) is 0.609. The molecule has 1 amide bonds. The maximum Gasteiger partial charge on any atom is 0.243 e. The number of amides is 1. The number of hydrogen-bond acceptors (Lipinski definition) is 5. The number of rotatable bonds is 6. The second kappa shape index (κ2) is 7.60. The average molecular weight is 388 g/mol. The van der Waals surface area contributed by atoms with Gasteiger partial charge in [0.1, 0.15) is 0 Å². The van der Waals surface area contributed by atoms with Crippen LogP contribution in [0.1, 0.15) is 12.0 Å². The number of piperidine rings is 1. The monoisotopic (exact) mass is 387 g/mol. The van der Waals surface area contributed by atoms with E-state index in [1.807, 2.05) is 17.0 Å². The number of pyridine rings is 1. The minimum absolute atomic E-state index is 0.0612. The highest BCUT2D eigenvalue weighted by atomic mass is 35.5. The Morgan fingerprint density at radius 1 is 1.33 bits per heavy atom. The van der Waals surface area contributed by atoms with Crippen LogP contribution >= 0.6 is 11.6 Å². The van der Waals surface area contributed by atoms with Crippen LogP contribution in [-0.2, 0) is 4.79 Å². The Labute approximate surface area is 161 Å². The summed E-state index contributed by atoms with van der Waals surface area (Å²) in [4.78, 5) is 25.4. The highest BCUT2D eigenvalue weighted by Gasteiger charge is 2.55. The second-order valence-electron chi connectivity index (χ2n) is 6.90. The molecule has 8 heteroatoms. The molecule has 2 fully saturated rings. The third kappa shape index (κ3) is 4.08. The first kappa shape index (κ1) is 17.9. The van der Waals surface area contributed by atoms with Gasteiger partial charge in [0.05, 0.1) is 6.20 Å². The van der Waals surface area contributed by atoms with E-state index in [1.54, 1.807) is 18.5 Å². The molecule has 1 N–H and O–H groups in total. The van der Waals surface area contributed by atoms with Gasteiger partial charge in [-0.2, -0.15) is 4.98 Å². The Bertz CT molecular complexity index is 850. The van der Waals surface area contributed by atoms with Crippen molar-refractivity contribution in [2.45, 2.75) is 6.42 Å². The fourth-order valence-corrected chi connectivity index (χ4v) is 4.01. The molecule has 0 aromatic carbocycles. The van der Waals surface area contributed by atoms with Crippen LogP contribution in [0.4, 0.5) is 10.2 Å². The van der Waals surface area contributed by atoms with E-state index in [2.05, 4.69) is 20.3 Å². The zero-order valence-corrected chi connectivity index (χ0v) is 15.3. The van der Waals surface area contributed by atoms with E-state index >= 15 is 0 Å². The SMILES string of the molecule is O=C(/C=C/c1ccncc1)NCC[C@@H]1[C@H]2CN(c3nc(Cl)ncc3F)C[C@@H]12. The van der Waals surface area contributed by atoms with Crippen molar-refractivity contribution in [3.8, 4) is 0 Å². The van der Waals surface area contributed by atoms with Crippen molar-refractivity contribution in [1.82, 2.24) is 20.3 Å². The molecule has 2 aromatic rings. The summed E-state index contributed by atoms with van der Waals surface area (Å²) in [5.41, 5.74) is 0.939. The lowest BCUT2D eigenvalue weighted by molar-refractivity contribution is -0.116. The molecular weight excluding hydrogens is 369 g/mol. The molecule has 0 radical (unpaired) electrons. The van der Waals surface area contributed by atoms with Crippen molar-refractivity contribution in [2.24, 2.45) is 17.8 Å². The lowest BCUT2D eigenvalue weighted by Gasteiger charge is -2.21. The van der Waals surface area contributed by atoms with E-state index in [-0.39, 0.29) is 17.0 Å². The number of anilines is 1. The van der Waals surface area contributed by atoms with E-state index in [9.17, 15) is 9.18 Å². The molecule has 140 valence electrons. The molecule has 0 unspecified atom stereocenters. The Morgan fingerprint density at radius 3 is 2.81 bits per heavy atom. The van der Waals surface area contributed by atoms with Crippen LogP contribution in [0.5, 0.6) is 0 Å². The maximum absolute atomic E-state index is 13.9. The van der Waals surface area contributed by atoms with Crippen molar-refractivity contribution in [3.63, 3.8) is 0 Å². The van der Waals surface area contributed by atoms with Gasteiger partial charge in [-0.05, 0) is 59.5 Å². The van der Waals surface area contributed by atoms with E-state index in [1.165, 1.54) is 6.08 Å². The van der Waals surface area contributed by atoms with Gasteiger partial charge in [-0.15, -0.1) is 0 Å². The zero-order chi connectivity index (χ0) is 18.8. The van der Waals surface area contributed by atoms with Crippen LogP contribution in [0.2, 0.25) is 5.28 Å². The molecule has 0 bridgehead atoms. The number of halogens is 2. The minimum atomic E-state index is -0.439. The highest BCUT2D eigenvalue weighted by molar-refractivity contribution is 6.28. The van der Waals surface area contributed by atoms with Gasteiger partial charge in [-0.1, -0.05) is 0 Å². The molecule has 4 rings (SSSR count). The first-order chi connectivity index (χ1) is 13.1. The fourth-order valence-electron chi connectivity index (χ4n) is 3.88. The van der Waals surface area contributed by atoms with E-state index in [0.717, 1.165) is 31.3 Å². The van der Waals surface area contributed by atoms with Gasteiger partial charge in [-0.25, -0.2) is 9.37 Å². The van der Waals surface area contributed by atoms with Crippen LogP contribution in [0, 0.1) is 23.6 Å². The normalized spacial score (nSPS) is 23.5. The zero-order valence-electron chi connectivity index (χ0n) is 14.6. The smallest absolute Gasteiger partial charge is 0.243 e. The predicted octanol–water partition coefficient (Wildman–Crippen LogP) is 2.57. The number of carbonyl (C=O) groups excluding carboxylic acids is 1. The van der Waals surface area contributed by atoms with Gasteiger partial charge in [0.25, 0.3) is 0 Å². The predicted molar refractivity (Wildman–Crippen MR) is 101 cm³/mol. The van der Waals surface area contributed by atoms with Gasteiger partial charge in [0.2, 0.25) is 11.2 Å². The van der Waals surface area contributed by atoms with Crippen LogP contribution in [-0.4, -0.2) is 40.5 Å². The summed E-state index contributed by atoms with van der Waals surface area (Å²) >= 11 is 5.77. The third-order valence-electron chi connectivity index (χ3n) is 5.28. The van der Waals surface area contributed by atoms with Gasteiger partial charge < -0.3 is 10.2 Å². The number of aromatic nitrogens is 3. The number of nitrogens with zero attached hydrogens (tertiary/aromatic N) is 4. The molecule has 1 saturated carbocycles. The summed E-state index contributed by atoms with van der Waals surface area (Å²) in [7, 11) is 0. The molecule has 2 aromatic heterocycles. The third-order valence-corrected chi connectivity index (χ3v) is 5.46.